The Labute approximate surface area is 147 Å². The molecule has 1 aliphatic rings. The van der Waals surface area contributed by atoms with E-state index in [0.29, 0.717) is 11.2 Å². The third kappa shape index (κ3) is 3.84. The van der Waals surface area contributed by atoms with Gasteiger partial charge in [-0.2, -0.15) is 10.2 Å². The fourth-order valence-corrected chi connectivity index (χ4v) is 3.19. The number of anilines is 1. The van der Waals surface area contributed by atoms with Gasteiger partial charge in [0.25, 0.3) is 0 Å². The average Bonchev–Trinajstić information content (AvgIpc) is 2.52. The van der Waals surface area contributed by atoms with Crippen molar-refractivity contribution in [3.05, 3.63) is 34.7 Å². The maximum atomic E-state index is 10.1. The fraction of sp³-hybridized carbons (Fsp3) is 0.500. The predicted octanol–water partition coefficient (Wildman–Crippen LogP) is 3.91. The summed E-state index contributed by atoms with van der Waals surface area (Å²) in [6, 6.07) is 4.16. The van der Waals surface area contributed by atoms with Crippen LogP contribution in [-0.4, -0.2) is 31.9 Å². The van der Waals surface area contributed by atoms with Crippen LogP contribution in [0.5, 0.6) is 0 Å². The first-order valence-electron chi connectivity index (χ1n) is 8.30. The molecule has 0 radical (unpaired) electrons. The van der Waals surface area contributed by atoms with E-state index in [1.54, 1.807) is 6.20 Å². The molecule has 0 spiro atoms. The highest BCUT2D eigenvalue weighted by molar-refractivity contribution is 6.29. The number of nitrogens with one attached hydrogen (secondary N) is 1. The lowest BCUT2D eigenvalue weighted by molar-refractivity contribution is 0.0196. The summed E-state index contributed by atoms with van der Waals surface area (Å²) in [6.07, 6.45) is 5.17. The number of aliphatic hydroxyl groups is 1. The van der Waals surface area contributed by atoms with Gasteiger partial charge in [0.1, 0.15) is 5.15 Å². The molecule has 0 saturated heterocycles. The number of aryl methyl sites for hydroxylation is 2. The van der Waals surface area contributed by atoms with Crippen LogP contribution in [0.25, 0.3) is 11.3 Å². The van der Waals surface area contributed by atoms with Crippen LogP contribution in [0.2, 0.25) is 5.15 Å². The van der Waals surface area contributed by atoms with Gasteiger partial charge in [-0.05, 0) is 64.2 Å². The van der Waals surface area contributed by atoms with Gasteiger partial charge in [-0.1, -0.05) is 11.6 Å². The predicted molar refractivity (Wildman–Crippen MR) is 96.2 cm³/mol. The van der Waals surface area contributed by atoms with E-state index < -0.39 is 5.60 Å². The lowest BCUT2D eigenvalue weighted by Gasteiger charge is -2.34. The van der Waals surface area contributed by atoms with Gasteiger partial charge in [0.2, 0.25) is 0 Å². The molecular formula is C18H23ClN4O. The van der Waals surface area contributed by atoms with E-state index in [0.717, 1.165) is 53.9 Å². The van der Waals surface area contributed by atoms with Crippen molar-refractivity contribution in [2.24, 2.45) is 0 Å². The van der Waals surface area contributed by atoms with E-state index in [-0.39, 0.29) is 0 Å². The van der Waals surface area contributed by atoms with Crippen molar-refractivity contribution in [1.82, 2.24) is 15.2 Å². The molecular weight excluding hydrogens is 324 g/mol. The first-order chi connectivity index (χ1) is 11.3. The van der Waals surface area contributed by atoms with Crippen molar-refractivity contribution in [3.63, 3.8) is 0 Å². The van der Waals surface area contributed by atoms with Gasteiger partial charge in [-0.15, -0.1) is 0 Å². The number of hydrogen-bond donors (Lipinski definition) is 2. The largest absolute Gasteiger partial charge is 0.390 e. The highest BCUT2D eigenvalue weighted by Gasteiger charge is 2.29. The maximum Gasteiger partial charge on any atom is 0.131 e. The van der Waals surface area contributed by atoms with E-state index >= 15 is 0 Å². The van der Waals surface area contributed by atoms with Crippen LogP contribution in [0, 0.1) is 13.8 Å². The molecule has 2 heterocycles. The Balaban J connectivity index is 1.87. The zero-order valence-corrected chi connectivity index (χ0v) is 15.1. The second kappa shape index (κ2) is 6.65. The summed E-state index contributed by atoms with van der Waals surface area (Å²) < 4.78 is 0. The minimum absolute atomic E-state index is 0.307. The molecule has 2 aromatic rings. The molecule has 0 aliphatic heterocycles. The van der Waals surface area contributed by atoms with Crippen LogP contribution < -0.4 is 5.32 Å². The molecule has 1 fully saturated rings. The monoisotopic (exact) mass is 346 g/mol. The molecule has 2 aromatic heterocycles. The molecule has 0 bridgehead atoms. The zero-order valence-electron chi connectivity index (χ0n) is 14.3. The van der Waals surface area contributed by atoms with Gasteiger partial charge < -0.3 is 10.4 Å². The van der Waals surface area contributed by atoms with Crippen molar-refractivity contribution < 1.29 is 5.11 Å². The van der Waals surface area contributed by atoms with E-state index in [9.17, 15) is 5.11 Å². The summed E-state index contributed by atoms with van der Waals surface area (Å²) in [7, 11) is 0. The van der Waals surface area contributed by atoms with Crippen molar-refractivity contribution in [2.75, 3.05) is 5.32 Å². The van der Waals surface area contributed by atoms with Gasteiger partial charge >= 0.3 is 0 Å². The zero-order chi connectivity index (χ0) is 17.3. The van der Waals surface area contributed by atoms with Crippen LogP contribution in [0.4, 0.5) is 5.69 Å². The summed E-state index contributed by atoms with van der Waals surface area (Å²) >= 11 is 6.10. The molecule has 5 nitrogen and oxygen atoms in total. The molecule has 24 heavy (non-hydrogen) atoms. The molecule has 1 aliphatic carbocycles. The molecule has 0 aromatic carbocycles. The molecule has 0 unspecified atom stereocenters. The number of halogens is 1. The quantitative estimate of drug-likeness (QED) is 0.824. The molecule has 1 saturated carbocycles. The summed E-state index contributed by atoms with van der Waals surface area (Å²) in [5.74, 6) is 0. The van der Waals surface area contributed by atoms with Gasteiger partial charge in [-0.25, -0.2) is 4.98 Å². The Hall–Kier alpha value is -1.72. The summed E-state index contributed by atoms with van der Waals surface area (Å²) in [5, 5.41) is 22.6. The lowest BCUT2D eigenvalue weighted by atomic mass is 9.83. The topological polar surface area (TPSA) is 70.9 Å². The Morgan fingerprint density at radius 2 is 1.92 bits per heavy atom. The third-order valence-corrected chi connectivity index (χ3v) is 5.01. The van der Waals surface area contributed by atoms with E-state index in [1.165, 1.54) is 0 Å². The minimum Gasteiger partial charge on any atom is -0.390 e. The Bertz CT molecular complexity index is 738. The minimum atomic E-state index is -0.545. The number of rotatable bonds is 3. The number of nitrogens with zero attached hydrogens (tertiary/aromatic N) is 3. The maximum absolute atomic E-state index is 10.1. The normalized spacial score (nSPS) is 24.0. The second-order valence-corrected chi connectivity index (χ2v) is 7.35. The van der Waals surface area contributed by atoms with E-state index in [4.69, 9.17) is 11.6 Å². The highest BCUT2D eigenvalue weighted by Crippen LogP contribution is 2.33. The summed E-state index contributed by atoms with van der Waals surface area (Å²) in [6.45, 7) is 5.87. The summed E-state index contributed by atoms with van der Waals surface area (Å²) in [4.78, 5) is 4.20. The van der Waals surface area contributed by atoms with Crippen molar-refractivity contribution in [1.29, 1.82) is 0 Å². The Kier molecular flexibility index (Phi) is 4.74. The van der Waals surface area contributed by atoms with Gasteiger partial charge in [0.15, 0.2) is 0 Å². The number of aromatic nitrogens is 3. The molecule has 2 N–H and O–H groups in total. The van der Waals surface area contributed by atoms with Crippen molar-refractivity contribution in [2.45, 2.75) is 58.1 Å². The molecule has 128 valence electrons. The smallest absolute Gasteiger partial charge is 0.131 e. The molecule has 0 amide bonds. The van der Waals surface area contributed by atoms with Crippen LogP contribution in [0.15, 0.2) is 18.3 Å². The van der Waals surface area contributed by atoms with Crippen LogP contribution in [0.1, 0.15) is 43.9 Å². The van der Waals surface area contributed by atoms with Gasteiger partial charge in [0.05, 0.1) is 17.0 Å². The van der Waals surface area contributed by atoms with Gasteiger partial charge in [-0.3, -0.25) is 0 Å². The van der Waals surface area contributed by atoms with E-state index in [1.807, 2.05) is 32.9 Å². The van der Waals surface area contributed by atoms with Crippen molar-refractivity contribution in [3.8, 4) is 11.3 Å². The third-order valence-electron chi connectivity index (χ3n) is 4.80. The highest BCUT2D eigenvalue weighted by atomic mass is 35.5. The van der Waals surface area contributed by atoms with Crippen LogP contribution in [-0.2, 0) is 0 Å². The van der Waals surface area contributed by atoms with E-state index in [2.05, 4.69) is 20.5 Å². The Morgan fingerprint density at radius 3 is 2.58 bits per heavy atom. The average molecular weight is 347 g/mol. The standard InChI is InChI=1S/C18H23ClN4O/c1-11-8-16(23-22-12(11)2)14-10-20-17(19)9-15(14)21-13-4-6-18(3,24)7-5-13/h8-10,13,24H,4-7H2,1-3H3,(H,20,21). The fourth-order valence-electron chi connectivity index (χ4n) is 3.04. The summed E-state index contributed by atoms with van der Waals surface area (Å²) in [5.41, 5.74) is 4.06. The first kappa shape index (κ1) is 17.1. The SMILES string of the molecule is Cc1cc(-c2cnc(Cl)cc2NC2CCC(C)(O)CC2)nnc1C. The van der Waals surface area contributed by atoms with Crippen LogP contribution >= 0.6 is 11.6 Å². The Morgan fingerprint density at radius 1 is 1.21 bits per heavy atom. The van der Waals surface area contributed by atoms with Gasteiger partial charge in [0, 0.05) is 23.5 Å². The van der Waals surface area contributed by atoms with Crippen molar-refractivity contribution >= 4 is 17.3 Å². The number of pyridine rings is 1. The molecule has 6 heteroatoms. The molecule has 0 atom stereocenters. The number of hydrogen-bond acceptors (Lipinski definition) is 5. The van der Waals surface area contributed by atoms with Crippen LogP contribution in [0.3, 0.4) is 0 Å². The lowest BCUT2D eigenvalue weighted by Crippen LogP contribution is -2.35. The first-order valence-corrected chi connectivity index (χ1v) is 8.68. The second-order valence-electron chi connectivity index (χ2n) is 6.97. The molecule has 3 rings (SSSR count).